The van der Waals surface area contributed by atoms with E-state index in [1.54, 1.807) is 11.8 Å². The van der Waals surface area contributed by atoms with E-state index < -0.39 is 0 Å². The zero-order valence-electron chi connectivity index (χ0n) is 10.9. The van der Waals surface area contributed by atoms with Gasteiger partial charge in [0.25, 0.3) is 0 Å². The number of hydrogen-bond donors (Lipinski definition) is 3. The summed E-state index contributed by atoms with van der Waals surface area (Å²) in [5.41, 5.74) is 4.60. The summed E-state index contributed by atoms with van der Waals surface area (Å²) >= 11 is 1.54. The molecule has 0 fully saturated rings. The summed E-state index contributed by atoms with van der Waals surface area (Å²) < 4.78 is 0. The van der Waals surface area contributed by atoms with E-state index in [4.69, 9.17) is 5.84 Å². The van der Waals surface area contributed by atoms with Crippen LogP contribution in [0.4, 0.5) is 5.82 Å². The SMILES string of the molecule is Cc1nc(SCc2cc3ccccc3nc2NN)n[nH]1. The number of fused-ring (bicyclic) bond motifs is 1. The lowest BCUT2D eigenvalue weighted by molar-refractivity contribution is 0.969. The van der Waals surface area contributed by atoms with E-state index in [9.17, 15) is 0 Å². The third-order valence-electron chi connectivity index (χ3n) is 2.87. The average molecular weight is 286 g/mol. The summed E-state index contributed by atoms with van der Waals surface area (Å²) in [6.45, 7) is 1.88. The number of pyridine rings is 1. The largest absolute Gasteiger partial charge is 0.308 e. The van der Waals surface area contributed by atoms with Crippen LogP contribution in [0.25, 0.3) is 10.9 Å². The second-order valence-electron chi connectivity index (χ2n) is 4.33. The van der Waals surface area contributed by atoms with Crippen LogP contribution in [0.15, 0.2) is 35.5 Å². The molecule has 102 valence electrons. The molecule has 0 amide bonds. The maximum absolute atomic E-state index is 5.56. The van der Waals surface area contributed by atoms with Crippen molar-refractivity contribution in [1.82, 2.24) is 20.2 Å². The van der Waals surface area contributed by atoms with Gasteiger partial charge in [-0.25, -0.2) is 15.8 Å². The van der Waals surface area contributed by atoms with Crippen molar-refractivity contribution >= 4 is 28.5 Å². The fourth-order valence-electron chi connectivity index (χ4n) is 1.92. The number of aryl methyl sites for hydroxylation is 1. The van der Waals surface area contributed by atoms with Crippen LogP contribution in [-0.2, 0) is 5.75 Å². The Morgan fingerprint density at radius 1 is 1.30 bits per heavy atom. The summed E-state index contributed by atoms with van der Waals surface area (Å²) in [7, 11) is 0. The van der Waals surface area contributed by atoms with E-state index in [0.717, 1.165) is 27.4 Å². The second kappa shape index (κ2) is 5.48. The van der Waals surface area contributed by atoms with Crippen LogP contribution in [0.5, 0.6) is 0 Å². The number of nitrogens with one attached hydrogen (secondary N) is 2. The Morgan fingerprint density at radius 2 is 2.15 bits per heavy atom. The lowest BCUT2D eigenvalue weighted by Crippen LogP contribution is -2.11. The van der Waals surface area contributed by atoms with Crippen LogP contribution >= 0.6 is 11.8 Å². The van der Waals surface area contributed by atoms with Gasteiger partial charge >= 0.3 is 0 Å². The van der Waals surface area contributed by atoms with Crippen LogP contribution in [0.3, 0.4) is 0 Å². The molecule has 1 aromatic carbocycles. The van der Waals surface area contributed by atoms with Crippen molar-refractivity contribution in [2.45, 2.75) is 17.8 Å². The summed E-state index contributed by atoms with van der Waals surface area (Å²) in [6.07, 6.45) is 0. The Hall–Kier alpha value is -2.12. The fraction of sp³-hybridized carbons (Fsp3) is 0.154. The molecule has 6 nitrogen and oxygen atoms in total. The highest BCUT2D eigenvalue weighted by Crippen LogP contribution is 2.26. The molecule has 20 heavy (non-hydrogen) atoms. The molecule has 2 heterocycles. The van der Waals surface area contributed by atoms with Crippen molar-refractivity contribution in [3.8, 4) is 0 Å². The summed E-state index contributed by atoms with van der Waals surface area (Å²) in [5.74, 6) is 7.75. The Balaban J connectivity index is 1.89. The highest BCUT2D eigenvalue weighted by molar-refractivity contribution is 7.98. The number of benzene rings is 1. The Kier molecular flexibility index (Phi) is 3.53. The van der Waals surface area contributed by atoms with Gasteiger partial charge in [-0.1, -0.05) is 30.0 Å². The Labute approximate surface area is 120 Å². The van der Waals surface area contributed by atoms with Gasteiger partial charge in [0.1, 0.15) is 11.6 Å². The quantitative estimate of drug-likeness (QED) is 0.387. The van der Waals surface area contributed by atoms with Gasteiger partial charge in [0, 0.05) is 16.7 Å². The van der Waals surface area contributed by atoms with Crippen molar-refractivity contribution < 1.29 is 0 Å². The molecule has 0 aliphatic heterocycles. The van der Waals surface area contributed by atoms with Crippen molar-refractivity contribution in [1.29, 1.82) is 0 Å². The van der Waals surface area contributed by atoms with Crippen LogP contribution < -0.4 is 11.3 Å². The number of anilines is 1. The van der Waals surface area contributed by atoms with E-state index in [2.05, 4.69) is 31.7 Å². The number of nitrogens with zero attached hydrogens (tertiary/aromatic N) is 3. The molecular weight excluding hydrogens is 272 g/mol. The minimum Gasteiger partial charge on any atom is -0.308 e. The highest BCUT2D eigenvalue weighted by Gasteiger charge is 2.08. The van der Waals surface area contributed by atoms with Crippen LogP contribution in [0.2, 0.25) is 0 Å². The fourth-order valence-corrected chi connectivity index (χ4v) is 2.74. The summed E-state index contributed by atoms with van der Waals surface area (Å²) in [5, 5.41) is 8.74. The minimum absolute atomic E-state index is 0.684. The lowest BCUT2D eigenvalue weighted by Gasteiger charge is -2.08. The number of aromatic nitrogens is 4. The minimum atomic E-state index is 0.684. The van der Waals surface area contributed by atoms with Gasteiger partial charge in [-0.05, 0) is 19.1 Å². The highest BCUT2D eigenvalue weighted by atomic mass is 32.2. The van der Waals surface area contributed by atoms with Crippen molar-refractivity contribution in [2.75, 3.05) is 5.43 Å². The average Bonchev–Trinajstić information content (AvgIpc) is 2.89. The lowest BCUT2D eigenvalue weighted by atomic mass is 10.1. The molecule has 0 spiro atoms. The number of hydrogen-bond acceptors (Lipinski definition) is 6. The molecule has 0 saturated carbocycles. The molecule has 3 aromatic rings. The van der Waals surface area contributed by atoms with Crippen LogP contribution in [-0.4, -0.2) is 20.2 Å². The van der Waals surface area contributed by atoms with Gasteiger partial charge in [-0.3, -0.25) is 5.10 Å². The second-order valence-corrected chi connectivity index (χ2v) is 5.27. The van der Waals surface area contributed by atoms with Crippen LogP contribution in [0, 0.1) is 6.92 Å². The van der Waals surface area contributed by atoms with E-state index >= 15 is 0 Å². The van der Waals surface area contributed by atoms with Crippen molar-refractivity contribution in [3.63, 3.8) is 0 Å². The number of para-hydroxylation sites is 1. The first kappa shape index (κ1) is 12.9. The van der Waals surface area contributed by atoms with E-state index in [1.807, 2.05) is 31.2 Å². The number of H-pyrrole nitrogens is 1. The smallest absolute Gasteiger partial charge is 0.208 e. The first-order valence-electron chi connectivity index (χ1n) is 6.13. The first-order valence-corrected chi connectivity index (χ1v) is 7.12. The van der Waals surface area contributed by atoms with E-state index in [0.29, 0.717) is 11.6 Å². The Bertz CT molecular complexity index is 739. The molecule has 7 heteroatoms. The molecule has 0 aliphatic rings. The van der Waals surface area contributed by atoms with Gasteiger partial charge in [-0.15, -0.1) is 5.10 Å². The number of nitrogen functional groups attached to an aromatic ring is 1. The number of rotatable bonds is 4. The molecule has 0 aliphatic carbocycles. The van der Waals surface area contributed by atoms with Gasteiger partial charge in [0.15, 0.2) is 0 Å². The van der Waals surface area contributed by atoms with Crippen LogP contribution in [0.1, 0.15) is 11.4 Å². The van der Waals surface area contributed by atoms with Gasteiger partial charge in [-0.2, -0.15) is 0 Å². The number of hydrazine groups is 1. The molecule has 2 aromatic heterocycles. The van der Waals surface area contributed by atoms with Gasteiger partial charge in [0.2, 0.25) is 5.16 Å². The third-order valence-corrected chi connectivity index (χ3v) is 3.77. The zero-order valence-corrected chi connectivity index (χ0v) is 11.7. The molecule has 4 N–H and O–H groups in total. The maximum Gasteiger partial charge on any atom is 0.208 e. The summed E-state index contributed by atoms with van der Waals surface area (Å²) in [6, 6.07) is 10.0. The number of thioether (sulfide) groups is 1. The molecule has 0 saturated heterocycles. The topological polar surface area (TPSA) is 92.5 Å². The predicted molar refractivity (Wildman–Crippen MR) is 80.2 cm³/mol. The zero-order chi connectivity index (χ0) is 13.9. The number of nitrogens with two attached hydrogens (primary N) is 1. The first-order chi connectivity index (χ1) is 9.76. The molecule has 0 bridgehead atoms. The normalized spacial score (nSPS) is 10.9. The summed E-state index contributed by atoms with van der Waals surface area (Å²) in [4.78, 5) is 8.78. The maximum atomic E-state index is 5.56. The number of aromatic amines is 1. The van der Waals surface area contributed by atoms with Crippen molar-refractivity contribution in [2.24, 2.45) is 5.84 Å². The standard InChI is InChI=1S/C13H14N6S/c1-8-15-13(19-18-8)20-7-10-6-9-4-2-3-5-11(9)16-12(10)17-14/h2-6H,7,14H2,1H3,(H,16,17)(H,15,18,19). The third kappa shape index (κ3) is 2.59. The molecule has 0 atom stereocenters. The Morgan fingerprint density at radius 3 is 2.90 bits per heavy atom. The monoisotopic (exact) mass is 286 g/mol. The molecule has 3 rings (SSSR count). The van der Waals surface area contributed by atoms with E-state index in [1.165, 1.54) is 0 Å². The van der Waals surface area contributed by atoms with Crippen molar-refractivity contribution in [3.05, 3.63) is 41.7 Å². The molecular formula is C13H14N6S. The van der Waals surface area contributed by atoms with Gasteiger partial charge < -0.3 is 5.43 Å². The van der Waals surface area contributed by atoms with Gasteiger partial charge in [0.05, 0.1) is 5.52 Å². The molecule has 0 unspecified atom stereocenters. The van der Waals surface area contributed by atoms with E-state index in [-0.39, 0.29) is 0 Å². The predicted octanol–water partition coefficient (Wildman–Crippen LogP) is 2.24. The molecule has 0 radical (unpaired) electrons.